The van der Waals surface area contributed by atoms with Crippen LogP contribution in [0.25, 0.3) is 0 Å². The molecule has 0 saturated carbocycles. The van der Waals surface area contributed by atoms with E-state index < -0.39 is 0 Å². The second-order valence-corrected chi connectivity index (χ2v) is 2.74. The maximum Gasteiger partial charge on any atom is 0.275 e. The summed E-state index contributed by atoms with van der Waals surface area (Å²) >= 11 is 0. The van der Waals surface area contributed by atoms with Gasteiger partial charge in [-0.3, -0.25) is 9.63 Å². The van der Waals surface area contributed by atoms with E-state index in [9.17, 15) is 4.79 Å². The van der Waals surface area contributed by atoms with Gasteiger partial charge in [0.2, 0.25) is 0 Å². The van der Waals surface area contributed by atoms with E-state index >= 15 is 0 Å². The van der Waals surface area contributed by atoms with Gasteiger partial charge in [-0.05, 0) is 12.1 Å². The highest BCUT2D eigenvalue weighted by Gasteiger charge is 2.08. The molecule has 0 radical (unpaired) electrons. The van der Waals surface area contributed by atoms with Gasteiger partial charge < -0.3 is 9.47 Å². The van der Waals surface area contributed by atoms with Crippen LogP contribution in [0, 0.1) is 0 Å². The van der Waals surface area contributed by atoms with Crippen LogP contribution in [0.1, 0.15) is 10.4 Å². The molecule has 5 heteroatoms. The molecule has 0 bridgehead atoms. The number of carbonyl (C=O) groups excluding carboxylic acids is 1. The molecule has 15 heavy (non-hydrogen) atoms. The van der Waals surface area contributed by atoms with E-state index in [0.717, 1.165) is 0 Å². The molecule has 0 atom stereocenters. The molecule has 0 fully saturated rings. The summed E-state index contributed by atoms with van der Waals surface area (Å²) in [6.45, 7) is 0. The van der Waals surface area contributed by atoms with Crippen LogP contribution < -0.4 is 15.0 Å². The first-order valence-electron chi connectivity index (χ1n) is 4.27. The topological polar surface area (TPSA) is 56.8 Å². The third kappa shape index (κ3) is 2.85. The Balaban J connectivity index is 3.01. The van der Waals surface area contributed by atoms with Crippen molar-refractivity contribution in [2.24, 2.45) is 0 Å². The number of benzene rings is 1. The summed E-state index contributed by atoms with van der Waals surface area (Å²) in [5, 5.41) is 0. The highest BCUT2D eigenvalue weighted by atomic mass is 16.6. The van der Waals surface area contributed by atoms with Crippen LogP contribution in [0.3, 0.4) is 0 Å². The predicted octanol–water partition coefficient (Wildman–Crippen LogP) is 0.995. The van der Waals surface area contributed by atoms with E-state index in [1.807, 2.05) is 0 Å². The number of nitrogens with one attached hydrogen (secondary N) is 1. The van der Waals surface area contributed by atoms with E-state index in [1.165, 1.54) is 21.3 Å². The summed E-state index contributed by atoms with van der Waals surface area (Å²) in [6.07, 6.45) is 0. The molecule has 0 saturated heterocycles. The molecule has 0 aliphatic carbocycles. The zero-order chi connectivity index (χ0) is 11.3. The molecule has 0 aromatic heterocycles. The summed E-state index contributed by atoms with van der Waals surface area (Å²) in [5.41, 5.74) is 2.62. The van der Waals surface area contributed by atoms with Gasteiger partial charge in [-0.15, -0.1) is 0 Å². The fraction of sp³-hybridized carbons (Fsp3) is 0.300. The average molecular weight is 211 g/mol. The normalized spacial score (nSPS) is 9.53. The summed E-state index contributed by atoms with van der Waals surface area (Å²) < 4.78 is 10.0. The number of ether oxygens (including phenoxy) is 2. The van der Waals surface area contributed by atoms with Crippen molar-refractivity contribution in [1.29, 1.82) is 0 Å². The Morgan fingerprint density at radius 1 is 1.07 bits per heavy atom. The van der Waals surface area contributed by atoms with Crippen LogP contribution in [-0.4, -0.2) is 27.2 Å². The van der Waals surface area contributed by atoms with E-state index in [2.05, 4.69) is 10.3 Å². The van der Waals surface area contributed by atoms with Gasteiger partial charge in [0.25, 0.3) is 5.91 Å². The van der Waals surface area contributed by atoms with Gasteiger partial charge in [0.05, 0.1) is 21.3 Å². The number of hydroxylamine groups is 1. The fourth-order valence-electron chi connectivity index (χ4n) is 1.09. The number of carbonyl (C=O) groups is 1. The molecule has 0 unspecified atom stereocenters. The summed E-state index contributed by atoms with van der Waals surface area (Å²) in [4.78, 5) is 16.0. The van der Waals surface area contributed by atoms with Gasteiger partial charge in [0, 0.05) is 11.6 Å². The zero-order valence-corrected chi connectivity index (χ0v) is 8.87. The van der Waals surface area contributed by atoms with Crippen molar-refractivity contribution in [1.82, 2.24) is 5.48 Å². The van der Waals surface area contributed by atoms with Crippen molar-refractivity contribution in [3.05, 3.63) is 23.8 Å². The first-order chi connectivity index (χ1) is 7.21. The van der Waals surface area contributed by atoms with Crippen LogP contribution in [0.4, 0.5) is 0 Å². The van der Waals surface area contributed by atoms with Crippen molar-refractivity contribution in [2.75, 3.05) is 21.3 Å². The van der Waals surface area contributed by atoms with Crippen molar-refractivity contribution in [2.45, 2.75) is 0 Å². The van der Waals surface area contributed by atoms with Crippen LogP contribution in [0.2, 0.25) is 0 Å². The molecule has 1 aromatic rings. The fourth-order valence-corrected chi connectivity index (χ4v) is 1.09. The molecule has 1 rings (SSSR count). The van der Waals surface area contributed by atoms with Crippen molar-refractivity contribution in [3.8, 4) is 11.5 Å². The molecule has 1 aromatic carbocycles. The Morgan fingerprint density at radius 2 is 1.60 bits per heavy atom. The number of amides is 1. The zero-order valence-electron chi connectivity index (χ0n) is 8.87. The number of hydrogen-bond acceptors (Lipinski definition) is 4. The highest BCUT2D eigenvalue weighted by molar-refractivity contribution is 5.94. The second kappa shape index (κ2) is 5.21. The molecule has 0 aliphatic heterocycles. The molecule has 1 N–H and O–H groups in total. The predicted molar refractivity (Wildman–Crippen MR) is 54.0 cm³/mol. The van der Waals surface area contributed by atoms with Crippen molar-refractivity contribution < 1.29 is 19.1 Å². The molecular formula is C10H13NO4. The van der Waals surface area contributed by atoms with Gasteiger partial charge in [-0.25, -0.2) is 5.48 Å². The maximum absolute atomic E-state index is 11.4. The quantitative estimate of drug-likeness (QED) is 0.755. The van der Waals surface area contributed by atoms with Gasteiger partial charge >= 0.3 is 0 Å². The smallest absolute Gasteiger partial charge is 0.275 e. The largest absolute Gasteiger partial charge is 0.497 e. The van der Waals surface area contributed by atoms with Gasteiger partial charge in [0.1, 0.15) is 11.5 Å². The number of hydrogen-bond donors (Lipinski definition) is 1. The summed E-state index contributed by atoms with van der Waals surface area (Å²) in [6, 6.07) is 4.87. The highest BCUT2D eigenvalue weighted by Crippen LogP contribution is 2.22. The maximum atomic E-state index is 11.4. The lowest BCUT2D eigenvalue weighted by Crippen LogP contribution is -2.21. The van der Waals surface area contributed by atoms with E-state index in [0.29, 0.717) is 17.1 Å². The Labute approximate surface area is 87.9 Å². The van der Waals surface area contributed by atoms with Crippen molar-refractivity contribution in [3.63, 3.8) is 0 Å². The first-order valence-corrected chi connectivity index (χ1v) is 4.27. The lowest BCUT2D eigenvalue weighted by Gasteiger charge is -2.07. The second-order valence-electron chi connectivity index (χ2n) is 2.74. The molecule has 1 amide bonds. The molecular weight excluding hydrogens is 198 g/mol. The Morgan fingerprint density at radius 3 is 2.00 bits per heavy atom. The SMILES string of the molecule is CONC(=O)c1cc(OC)cc(OC)c1. The van der Waals surface area contributed by atoms with E-state index in [1.54, 1.807) is 18.2 Å². The lowest BCUT2D eigenvalue weighted by atomic mass is 10.2. The first kappa shape index (κ1) is 11.3. The monoisotopic (exact) mass is 211 g/mol. The molecule has 0 heterocycles. The number of methoxy groups -OCH3 is 2. The summed E-state index contributed by atoms with van der Waals surface area (Å²) in [5.74, 6) is 0.751. The van der Waals surface area contributed by atoms with Crippen LogP contribution in [0.5, 0.6) is 11.5 Å². The third-order valence-electron chi connectivity index (χ3n) is 1.81. The third-order valence-corrected chi connectivity index (χ3v) is 1.81. The minimum atomic E-state index is -0.352. The van der Waals surface area contributed by atoms with Gasteiger partial charge in [-0.1, -0.05) is 0 Å². The average Bonchev–Trinajstić information content (AvgIpc) is 2.28. The van der Waals surface area contributed by atoms with Crippen LogP contribution >= 0.6 is 0 Å². The van der Waals surface area contributed by atoms with E-state index in [-0.39, 0.29) is 5.91 Å². The van der Waals surface area contributed by atoms with Gasteiger partial charge in [0.15, 0.2) is 0 Å². The van der Waals surface area contributed by atoms with Crippen LogP contribution in [0.15, 0.2) is 18.2 Å². The van der Waals surface area contributed by atoms with Gasteiger partial charge in [-0.2, -0.15) is 0 Å². The molecule has 82 valence electrons. The molecule has 0 aliphatic rings. The molecule has 0 spiro atoms. The van der Waals surface area contributed by atoms with Crippen LogP contribution in [-0.2, 0) is 4.84 Å². The van der Waals surface area contributed by atoms with Crippen molar-refractivity contribution >= 4 is 5.91 Å². The Bertz CT molecular complexity index is 329. The summed E-state index contributed by atoms with van der Waals surface area (Å²) in [7, 11) is 4.41. The minimum Gasteiger partial charge on any atom is -0.497 e. The molecule has 5 nitrogen and oxygen atoms in total. The van der Waals surface area contributed by atoms with E-state index in [4.69, 9.17) is 9.47 Å². The minimum absolute atomic E-state index is 0.352. The Kier molecular flexibility index (Phi) is 3.93. The number of rotatable bonds is 4. The Hall–Kier alpha value is -1.75. The lowest BCUT2D eigenvalue weighted by molar-refractivity contribution is 0.0537. The standard InChI is InChI=1S/C10H13NO4/c1-13-8-4-7(10(12)11-15-3)5-9(6-8)14-2/h4-6H,1-3H3,(H,11,12).